The first-order valence-electron chi connectivity index (χ1n) is 4.72. The molecule has 0 bridgehead atoms. The normalized spacial score (nSPS) is 12.1. The van der Waals surface area contributed by atoms with Gasteiger partial charge in [0.2, 0.25) is 0 Å². The van der Waals surface area contributed by atoms with Crippen LogP contribution in [0.4, 0.5) is 22.0 Å². The molecule has 0 unspecified atom stereocenters. The van der Waals surface area contributed by atoms with E-state index in [4.69, 9.17) is 5.11 Å². The fourth-order valence-electron chi connectivity index (χ4n) is 1.07. The third-order valence-corrected chi connectivity index (χ3v) is 2.73. The van der Waals surface area contributed by atoms with Gasteiger partial charge in [-0.3, -0.25) is 0 Å². The second-order valence-electron chi connectivity index (χ2n) is 3.23. The van der Waals surface area contributed by atoms with Gasteiger partial charge in [-0.15, -0.1) is 0 Å². The standard InChI is InChI=1S/C9H7F5O4Si/c10-5-2-1-4(6(11)7(5)12)8(16)18-9(13,14)19-17-3-15/h1-2,15H,3,19H2. The van der Waals surface area contributed by atoms with Crippen LogP contribution in [-0.2, 0) is 9.16 Å². The number of halogens is 5. The summed E-state index contributed by atoms with van der Waals surface area (Å²) < 4.78 is 72.1. The molecule has 4 nitrogen and oxygen atoms in total. The zero-order valence-electron chi connectivity index (χ0n) is 9.13. The van der Waals surface area contributed by atoms with E-state index < -0.39 is 51.3 Å². The summed E-state index contributed by atoms with van der Waals surface area (Å²) in [7, 11) is -2.75. The Kier molecular flexibility index (Phi) is 4.97. The lowest BCUT2D eigenvalue weighted by Crippen LogP contribution is -2.34. The van der Waals surface area contributed by atoms with Crippen molar-refractivity contribution in [2.24, 2.45) is 0 Å². The van der Waals surface area contributed by atoms with Crippen molar-refractivity contribution >= 4 is 15.7 Å². The predicted molar refractivity (Wildman–Crippen MR) is 53.4 cm³/mol. The second kappa shape index (κ2) is 6.08. The number of aliphatic hydroxyl groups is 1. The van der Waals surface area contributed by atoms with Gasteiger partial charge in [-0.25, -0.2) is 18.0 Å². The SMILES string of the molecule is O=C(OC(F)(F)[SiH2]OCO)c1ccc(F)c(F)c1F. The van der Waals surface area contributed by atoms with Gasteiger partial charge in [0.25, 0.3) is 9.76 Å². The number of hydrogen-bond donors (Lipinski definition) is 1. The molecule has 0 heterocycles. The summed E-state index contributed by atoms with van der Waals surface area (Å²) in [6, 6.07) is 0.870. The lowest BCUT2D eigenvalue weighted by molar-refractivity contribution is -0.145. The Morgan fingerprint density at radius 2 is 1.89 bits per heavy atom. The van der Waals surface area contributed by atoms with Gasteiger partial charge in [-0.1, -0.05) is 0 Å². The Morgan fingerprint density at radius 1 is 1.26 bits per heavy atom. The largest absolute Gasteiger partial charge is 0.400 e. The number of carbonyl (C=O) groups is 1. The van der Waals surface area contributed by atoms with Crippen molar-refractivity contribution in [3.8, 4) is 0 Å². The highest BCUT2D eigenvalue weighted by atomic mass is 28.2. The Labute approximate surface area is 105 Å². The van der Waals surface area contributed by atoms with Crippen LogP contribution < -0.4 is 0 Å². The summed E-state index contributed by atoms with van der Waals surface area (Å²) in [5.41, 5.74) is -5.19. The van der Waals surface area contributed by atoms with E-state index in [1.807, 2.05) is 0 Å². The number of alkyl halides is 2. The number of benzene rings is 1. The second-order valence-corrected chi connectivity index (χ2v) is 4.75. The zero-order chi connectivity index (χ0) is 14.6. The molecule has 0 fully saturated rings. The highest BCUT2D eigenvalue weighted by Crippen LogP contribution is 2.20. The summed E-state index contributed by atoms with van der Waals surface area (Å²) in [5.74, 6) is -7.33. The summed E-state index contributed by atoms with van der Waals surface area (Å²) in [4.78, 5) is 11.2. The lowest BCUT2D eigenvalue weighted by Gasteiger charge is -2.16. The summed E-state index contributed by atoms with van der Waals surface area (Å²) in [6.45, 7) is -0.987. The molecule has 0 amide bonds. The van der Waals surface area contributed by atoms with Gasteiger partial charge in [0.05, 0.1) is 5.56 Å². The van der Waals surface area contributed by atoms with Gasteiger partial charge in [-0.2, -0.15) is 8.78 Å². The molecule has 0 aliphatic rings. The third kappa shape index (κ3) is 3.97. The van der Waals surface area contributed by atoms with Gasteiger partial charge in [0.15, 0.2) is 17.5 Å². The molecule has 0 radical (unpaired) electrons. The molecule has 0 spiro atoms. The smallest absolute Gasteiger partial charge is 0.391 e. The number of aliphatic hydroxyl groups excluding tert-OH is 1. The molecule has 1 aromatic carbocycles. The van der Waals surface area contributed by atoms with Crippen molar-refractivity contribution in [2.45, 2.75) is 5.73 Å². The van der Waals surface area contributed by atoms with Crippen LogP contribution in [0.5, 0.6) is 0 Å². The van der Waals surface area contributed by atoms with E-state index in [1.165, 1.54) is 0 Å². The molecule has 1 N–H and O–H groups in total. The Hall–Kier alpha value is -1.52. The molecular formula is C9H7F5O4Si. The topological polar surface area (TPSA) is 55.8 Å². The van der Waals surface area contributed by atoms with E-state index in [1.54, 1.807) is 0 Å². The fourth-order valence-corrected chi connectivity index (χ4v) is 1.59. The highest BCUT2D eigenvalue weighted by Gasteiger charge is 2.36. The Balaban J connectivity index is 2.87. The van der Waals surface area contributed by atoms with E-state index >= 15 is 0 Å². The zero-order valence-corrected chi connectivity index (χ0v) is 10.5. The molecule has 19 heavy (non-hydrogen) atoms. The predicted octanol–water partition coefficient (Wildman–Crippen LogP) is 0.861. The first-order chi connectivity index (χ1) is 8.78. The molecule has 0 aliphatic heterocycles. The van der Waals surface area contributed by atoms with Gasteiger partial charge in [0.1, 0.15) is 6.79 Å². The average molecular weight is 302 g/mol. The minimum Gasteiger partial charge on any atom is -0.400 e. The van der Waals surface area contributed by atoms with Crippen molar-refractivity contribution in [3.05, 3.63) is 35.1 Å². The highest BCUT2D eigenvalue weighted by molar-refractivity contribution is 6.30. The van der Waals surface area contributed by atoms with Crippen LogP contribution in [0.3, 0.4) is 0 Å². The minimum atomic E-state index is -4.02. The van der Waals surface area contributed by atoms with Crippen LogP contribution in [0.2, 0.25) is 0 Å². The maximum Gasteiger partial charge on any atom is 0.391 e. The molecular weight excluding hydrogens is 295 g/mol. The molecule has 0 saturated heterocycles. The number of ether oxygens (including phenoxy) is 1. The third-order valence-electron chi connectivity index (χ3n) is 1.86. The average Bonchev–Trinajstić information content (AvgIpc) is 2.33. The number of carbonyl (C=O) groups excluding carboxylic acids is 1. The van der Waals surface area contributed by atoms with Crippen molar-refractivity contribution in [1.29, 1.82) is 0 Å². The molecule has 1 rings (SSSR count). The van der Waals surface area contributed by atoms with E-state index in [0.717, 1.165) is 0 Å². The van der Waals surface area contributed by atoms with Gasteiger partial charge >= 0.3 is 11.7 Å². The van der Waals surface area contributed by atoms with Gasteiger partial charge in [0, 0.05) is 0 Å². The van der Waals surface area contributed by atoms with Crippen LogP contribution in [0.1, 0.15) is 10.4 Å². The molecule has 0 aliphatic carbocycles. The van der Waals surface area contributed by atoms with Crippen LogP contribution in [-0.4, -0.2) is 33.4 Å². The Bertz CT molecular complexity index is 482. The van der Waals surface area contributed by atoms with E-state index in [0.29, 0.717) is 12.1 Å². The van der Waals surface area contributed by atoms with Crippen molar-refractivity contribution in [1.82, 2.24) is 0 Å². The van der Waals surface area contributed by atoms with E-state index in [-0.39, 0.29) is 0 Å². The monoisotopic (exact) mass is 302 g/mol. The molecule has 10 heteroatoms. The quantitative estimate of drug-likeness (QED) is 0.288. The molecule has 106 valence electrons. The molecule has 0 saturated carbocycles. The number of hydrogen-bond acceptors (Lipinski definition) is 4. The minimum absolute atomic E-state index is 0.398. The van der Waals surface area contributed by atoms with Crippen LogP contribution in [0, 0.1) is 17.5 Å². The summed E-state index contributed by atoms with van der Waals surface area (Å²) >= 11 is 0. The Morgan fingerprint density at radius 3 is 2.47 bits per heavy atom. The van der Waals surface area contributed by atoms with Crippen LogP contribution in [0.25, 0.3) is 0 Å². The van der Waals surface area contributed by atoms with E-state index in [2.05, 4.69) is 9.16 Å². The molecule has 1 aromatic rings. The van der Waals surface area contributed by atoms with Crippen molar-refractivity contribution in [2.75, 3.05) is 6.79 Å². The summed E-state index contributed by atoms with van der Waals surface area (Å²) in [6.07, 6.45) is 0. The van der Waals surface area contributed by atoms with Crippen molar-refractivity contribution < 1.29 is 41.0 Å². The molecule has 0 atom stereocenters. The van der Waals surface area contributed by atoms with Crippen LogP contribution in [0.15, 0.2) is 12.1 Å². The molecule has 0 aromatic heterocycles. The number of esters is 1. The van der Waals surface area contributed by atoms with Gasteiger partial charge < -0.3 is 14.3 Å². The van der Waals surface area contributed by atoms with Gasteiger partial charge in [-0.05, 0) is 12.1 Å². The lowest BCUT2D eigenvalue weighted by atomic mass is 10.2. The van der Waals surface area contributed by atoms with Crippen LogP contribution >= 0.6 is 0 Å². The fraction of sp³-hybridized carbons (Fsp3) is 0.222. The number of rotatable bonds is 5. The van der Waals surface area contributed by atoms with E-state index in [9.17, 15) is 26.7 Å². The maximum absolute atomic E-state index is 13.1. The van der Waals surface area contributed by atoms with Crippen molar-refractivity contribution in [3.63, 3.8) is 0 Å². The first kappa shape index (κ1) is 15.5. The first-order valence-corrected chi connectivity index (χ1v) is 6.00. The maximum atomic E-state index is 13.1. The summed E-state index contributed by atoms with van der Waals surface area (Å²) in [5, 5.41) is 8.18.